The molecule has 0 aliphatic rings. The maximum atomic E-state index is 10.9. The number of aliphatic hydroxyl groups is 1. The summed E-state index contributed by atoms with van der Waals surface area (Å²) in [5.74, 6) is 0. The fraction of sp³-hybridized carbons (Fsp3) is 0.778. The molecule has 0 aliphatic carbocycles. The summed E-state index contributed by atoms with van der Waals surface area (Å²) in [5, 5.41) is 23.2. The van der Waals surface area contributed by atoms with Gasteiger partial charge in [0.2, 0.25) is 6.20 Å². The monoisotopic (exact) mass is 186 g/mol. The van der Waals surface area contributed by atoms with E-state index in [1.807, 2.05) is 0 Å². The number of rotatable bonds is 6. The van der Waals surface area contributed by atoms with Gasteiger partial charge in [0.25, 0.3) is 0 Å². The van der Waals surface area contributed by atoms with Gasteiger partial charge in [-0.05, 0) is 31.0 Å². The molecule has 1 unspecified atom stereocenters. The van der Waals surface area contributed by atoms with Gasteiger partial charge in [0, 0.05) is 0 Å². The fourth-order valence-electron chi connectivity index (χ4n) is 0.756. The molecule has 0 saturated carbocycles. The molecule has 0 aromatic rings. The summed E-state index contributed by atoms with van der Waals surface area (Å²) in [5.41, 5.74) is 0. The van der Waals surface area contributed by atoms with E-state index in [-0.39, 0.29) is 12.6 Å². The minimum Gasteiger partial charge on any atom is -0.595 e. The molecule has 0 fully saturated rings. The zero-order valence-electron chi connectivity index (χ0n) is 8.31. The van der Waals surface area contributed by atoms with Crippen molar-refractivity contribution in [3.8, 4) is 0 Å². The molecule has 0 bridgehead atoms. The number of nitrogens with zero attached hydrogens (tertiary/aromatic N) is 2. The summed E-state index contributed by atoms with van der Waals surface area (Å²) < 4.78 is 0. The van der Waals surface area contributed by atoms with Crippen LogP contribution in [0.1, 0.15) is 33.1 Å². The topological polar surface area (TPSA) is 58.7 Å². The van der Waals surface area contributed by atoms with Crippen LogP contribution in [0.4, 0.5) is 0 Å². The van der Waals surface area contributed by atoms with Crippen LogP contribution in [-0.2, 0) is 0 Å². The van der Waals surface area contributed by atoms with Crippen molar-refractivity contribution in [3.63, 3.8) is 0 Å². The van der Waals surface area contributed by atoms with Gasteiger partial charge in [-0.15, -0.1) is 0 Å². The van der Waals surface area contributed by atoms with E-state index in [1.54, 1.807) is 13.0 Å². The summed E-state index contributed by atoms with van der Waals surface area (Å²) in [6.45, 7) is 3.69. The van der Waals surface area contributed by atoms with Gasteiger partial charge < -0.3 is 10.3 Å². The Morgan fingerprint density at radius 1 is 1.62 bits per heavy atom. The van der Waals surface area contributed by atoms with E-state index in [2.05, 4.69) is 12.0 Å². The standard InChI is InChI=1S/C9H18N2O2/c1-3-4-5-6-7-11(13)10-9(2)8-12/h6-7,9,12H,3-5,8H2,1-2H3. The minimum absolute atomic E-state index is 0.0957. The summed E-state index contributed by atoms with van der Waals surface area (Å²) in [6.07, 6.45) is 6.29. The molecule has 0 saturated heterocycles. The third-order valence-corrected chi connectivity index (χ3v) is 1.53. The van der Waals surface area contributed by atoms with Gasteiger partial charge in [0.15, 0.2) is 0 Å². The molecule has 0 heterocycles. The van der Waals surface area contributed by atoms with Gasteiger partial charge in [-0.25, -0.2) is 0 Å². The van der Waals surface area contributed by atoms with E-state index in [0.29, 0.717) is 4.86 Å². The molecule has 0 amide bonds. The predicted octanol–water partition coefficient (Wildman–Crippen LogP) is 2.03. The Balaban J connectivity index is 3.77. The summed E-state index contributed by atoms with van der Waals surface area (Å²) in [7, 11) is 0. The normalized spacial score (nSPS) is 15.2. The van der Waals surface area contributed by atoms with Crippen molar-refractivity contribution >= 4 is 0 Å². The predicted molar refractivity (Wildman–Crippen MR) is 51.3 cm³/mol. The highest BCUT2D eigenvalue weighted by atomic mass is 16.5. The summed E-state index contributed by atoms with van der Waals surface area (Å²) in [6, 6.07) is -0.326. The van der Waals surface area contributed by atoms with Gasteiger partial charge in [0.1, 0.15) is 6.04 Å². The zero-order valence-corrected chi connectivity index (χ0v) is 8.31. The van der Waals surface area contributed by atoms with Crippen LogP contribution in [-0.4, -0.2) is 22.6 Å². The summed E-state index contributed by atoms with van der Waals surface area (Å²) >= 11 is 0. The highest BCUT2D eigenvalue weighted by molar-refractivity contribution is 4.71. The number of hydroxylamine groups is 1. The third kappa shape index (κ3) is 7.46. The van der Waals surface area contributed by atoms with Crippen LogP contribution < -0.4 is 0 Å². The van der Waals surface area contributed by atoms with Crippen LogP contribution in [0.2, 0.25) is 0 Å². The average Bonchev–Trinajstić information content (AvgIpc) is 2.12. The van der Waals surface area contributed by atoms with Crippen molar-refractivity contribution in [1.82, 2.24) is 0 Å². The minimum atomic E-state index is -0.326. The van der Waals surface area contributed by atoms with Crippen LogP contribution >= 0.6 is 0 Å². The second kappa shape index (κ2) is 7.73. The largest absolute Gasteiger partial charge is 0.595 e. The first-order valence-corrected chi connectivity index (χ1v) is 4.65. The molecule has 4 heteroatoms. The number of aliphatic hydroxyl groups excluding tert-OH is 1. The molecular formula is C9H18N2O2. The number of azo groups is 1. The molecule has 0 aliphatic heterocycles. The van der Waals surface area contributed by atoms with E-state index in [9.17, 15) is 5.21 Å². The van der Waals surface area contributed by atoms with Crippen molar-refractivity contribution in [2.45, 2.75) is 39.2 Å². The van der Waals surface area contributed by atoms with Gasteiger partial charge in [-0.2, -0.15) is 0 Å². The van der Waals surface area contributed by atoms with E-state index in [4.69, 9.17) is 5.11 Å². The molecule has 76 valence electrons. The van der Waals surface area contributed by atoms with Gasteiger partial charge in [0.05, 0.1) is 6.61 Å². The fourth-order valence-corrected chi connectivity index (χ4v) is 0.756. The second-order valence-corrected chi connectivity index (χ2v) is 2.98. The highest BCUT2D eigenvalue weighted by Gasteiger charge is 1.99. The van der Waals surface area contributed by atoms with E-state index in [1.165, 1.54) is 6.20 Å². The molecule has 0 rings (SSSR count). The smallest absolute Gasteiger partial charge is 0.205 e. The lowest BCUT2D eigenvalue weighted by Gasteiger charge is -1.97. The van der Waals surface area contributed by atoms with Crippen LogP contribution in [0.3, 0.4) is 0 Å². The molecule has 0 radical (unpaired) electrons. The first kappa shape index (κ1) is 12.1. The molecule has 1 N–H and O–H groups in total. The van der Waals surface area contributed by atoms with E-state index < -0.39 is 0 Å². The van der Waals surface area contributed by atoms with Gasteiger partial charge >= 0.3 is 0 Å². The number of unbranched alkanes of at least 4 members (excludes halogenated alkanes) is 2. The average molecular weight is 186 g/mol. The van der Waals surface area contributed by atoms with E-state index in [0.717, 1.165) is 19.3 Å². The quantitative estimate of drug-likeness (QED) is 0.298. The van der Waals surface area contributed by atoms with Crippen LogP contribution in [0.15, 0.2) is 17.4 Å². The first-order chi connectivity index (χ1) is 6.20. The Hall–Kier alpha value is -0.900. The van der Waals surface area contributed by atoms with Crippen LogP contribution in [0.25, 0.3) is 0 Å². The lowest BCUT2D eigenvalue weighted by molar-refractivity contribution is -0.462. The molecule has 0 spiro atoms. The lowest BCUT2D eigenvalue weighted by Crippen LogP contribution is -2.07. The van der Waals surface area contributed by atoms with Crippen LogP contribution in [0.5, 0.6) is 0 Å². The van der Waals surface area contributed by atoms with Gasteiger partial charge in [-0.3, -0.25) is 0 Å². The van der Waals surface area contributed by atoms with E-state index >= 15 is 0 Å². The van der Waals surface area contributed by atoms with Crippen molar-refractivity contribution in [1.29, 1.82) is 0 Å². The molecule has 13 heavy (non-hydrogen) atoms. The highest BCUT2D eigenvalue weighted by Crippen LogP contribution is 1.96. The Morgan fingerprint density at radius 3 is 2.85 bits per heavy atom. The summed E-state index contributed by atoms with van der Waals surface area (Å²) in [4.78, 5) is 0.510. The molecule has 1 atom stereocenters. The Kier molecular flexibility index (Phi) is 7.20. The first-order valence-electron chi connectivity index (χ1n) is 4.65. The second-order valence-electron chi connectivity index (χ2n) is 2.98. The lowest BCUT2D eigenvalue weighted by atomic mass is 10.2. The van der Waals surface area contributed by atoms with Crippen molar-refractivity contribution < 1.29 is 9.97 Å². The Bertz CT molecular complexity index is 178. The Labute approximate surface area is 79.2 Å². The molecule has 0 aromatic carbocycles. The number of hydrogen-bond donors (Lipinski definition) is 1. The van der Waals surface area contributed by atoms with Crippen molar-refractivity contribution in [3.05, 3.63) is 17.5 Å². The van der Waals surface area contributed by atoms with Crippen LogP contribution in [0, 0.1) is 5.21 Å². The maximum Gasteiger partial charge on any atom is 0.205 e. The number of hydrogen-bond acceptors (Lipinski definition) is 3. The molecule has 4 nitrogen and oxygen atoms in total. The molecular weight excluding hydrogens is 168 g/mol. The van der Waals surface area contributed by atoms with Crippen molar-refractivity contribution in [2.24, 2.45) is 5.11 Å². The molecule has 0 aromatic heterocycles. The van der Waals surface area contributed by atoms with Gasteiger partial charge in [-0.1, -0.05) is 18.2 Å². The Morgan fingerprint density at radius 2 is 2.31 bits per heavy atom. The zero-order chi connectivity index (χ0) is 10.1. The maximum absolute atomic E-state index is 10.9. The number of allylic oxidation sites excluding steroid dienone is 1. The SMILES string of the molecule is CCCCC=C[N+]([O-])=NC(C)CO. The third-order valence-electron chi connectivity index (χ3n) is 1.53. The van der Waals surface area contributed by atoms with Crippen molar-refractivity contribution in [2.75, 3.05) is 6.61 Å².